The van der Waals surface area contributed by atoms with Gasteiger partial charge in [0.25, 0.3) is 0 Å². The molecule has 0 bridgehead atoms. The third kappa shape index (κ3) is 2.11. The van der Waals surface area contributed by atoms with Gasteiger partial charge in [0.15, 0.2) is 5.78 Å². The average Bonchev–Trinajstić information content (AvgIpc) is 2.92. The Kier molecular flexibility index (Phi) is 3.01. The molecule has 0 radical (unpaired) electrons. The Morgan fingerprint density at radius 1 is 1.37 bits per heavy atom. The van der Waals surface area contributed by atoms with Gasteiger partial charge in [-0.15, -0.1) is 0 Å². The summed E-state index contributed by atoms with van der Waals surface area (Å²) in [5.74, 6) is 0.309. The lowest BCUT2D eigenvalue weighted by Gasteiger charge is -2.16. The van der Waals surface area contributed by atoms with Crippen LogP contribution in [0.2, 0.25) is 0 Å². The highest BCUT2D eigenvalue weighted by Crippen LogP contribution is 2.25. The van der Waals surface area contributed by atoms with E-state index in [0.29, 0.717) is 12.2 Å². The average molecular weight is 257 g/mol. The van der Waals surface area contributed by atoms with Crippen molar-refractivity contribution in [3.8, 4) is 0 Å². The van der Waals surface area contributed by atoms with Gasteiger partial charge >= 0.3 is 0 Å². The zero-order valence-electron chi connectivity index (χ0n) is 11.5. The van der Waals surface area contributed by atoms with Crippen LogP contribution in [-0.4, -0.2) is 20.1 Å². The molecule has 0 atom stereocenters. The fourth-order valence-electron chi connectivity index (χ4n) is 2.97. The van der Waals surface area contributed by atoms with Gasteiger partial charge in [-0.1, -0.05) is 0 Å². The second-order valence-corrected chi connectivity index (χ2v) is 5.27. The molecule has 0 saturated heterocycles. The molecule has 0 N–H and O–H groups in total. The molecular formula is C15H19N3O. The normalized spacial score (nSPS) is 14.7. The van der Waals surface area contributed by atoms with Crippen LogP contribution >= 0.6 is 0 Å². The number of hydrogen-bond donors (Lipinski definition) is 0. The van der Waals surface area contributed by atoms with Gasteiger partial charge in [0, 0.05) is 55.3 Å². The van der Waals surface area contributed by atoms with E-state index in [0.717, 1.165) is 31.4 Å². The highest BCUT2D eigenvalue weighted by molar-refractivity contribution is 5.98. The van der Waals surface area contributed by atoms with Crippen molar-refractivity contribution in [2.24, 2.45) is 7.05 Å². The first-order valence-electron chi connectivity index (χ1n) is 6.86. The van der Waals surface area contributed by atoms with E-state index in [2.05, 4.69) is 28.7 Å². The van der Waals surface area contributed by atoms with Crippen LogP contribution in [0.3, 0.4) is 0 Å². The van der Waals surface area contributed by atoms with Crippen molar-refractivity contribution in [1.82, 2.24) is 14.3 Å². The third-order valence-corrected chi connectivity index (χ3v) is 4.05. The molecule has 3 rings (SSSR count). The van der Waals surface area contributed by atoms with Crippen LogP contribution in [0.1, 0.15) is 40.3 Å². The molecule has 0 spiro atoms. The summed E-state index contributed by atoms with van der Waals surface area (Å²) in [6, 6.07) is 4.11. The smallest absolute Gasteiger partial charge is 0.164 e. The minimum absolute atomic E-state index is 0.309. The summed E-state index contributed by atoms with van der Waals surface area (Å²) in [6.07, 6.45) is 5.50. The molecule has 4 nitrogen and oxygen atoms in total. The van der Waals surface area contributed by atoms with Crippen molar-refractivity contribution in [2.75, 3.05) is 0 Å². The lowest BCUT2D eigenvalue weighted by molar-refractivity contribution is 0.0972. The predicted molar refractivity (Wildman–Crippen MR) is 73.3 cm³/mol. The second-order valence-electron chi connectivity index (χ2n) is 5.27. The highest BCUT2D eigenvalue weighted by Gasteiger charge is 2.22. The number of carbonyl (C=O) groups excluding carboxylic acids is 1. The molecule has 1 aliphatic carbocycles. The maximum atomic E-state index is 11.9. The van der Waals surface area contributed by atoms with E-state index in [4.69, 9.17) is 0 Å². The van der Waals surface area contributed by atoms with E-state index in [-0.39, 0.29) is 0 Å². The molecule has 0 saturated carbocycles. The number of fused-ring (bicyclic) bond motifs is 1. The van der Waals surface area contributed by atoms with E-state index in [9.17, 15) is 4.79 Å². The number of Topliss-reactive ketones (excluding diaryl/α,β-unsaturated/α-hetero) is 1. The summed E-state index contributed by atoms with van der Waals surface area (Å²) in [4.78, 5) is 11.9. The molecule has 1 aliphatic rings. The van der Waals surface area contributed by atoms with E-state index >= 15 is 0 Å². The minimum Gasteiger partial charge on any atom is -0.348 e. The summed E-state index contributed by atoms with van der Waals surface area (Å²) in [6.45, 7) is 3.02. The molecule has 0 amide bonds. The van der Waals surface area contributed by atoms with Gasteiger partial charge in [-0.05, 0) is 31.9 Å². The van der Waals surface area contributed by atoms with Crippen molar-refractivity contribution in [1.29, 1.82) is 0 Å². The maximum absolute atomic E-state index is 11.9. The monoisotopic (exact) mass is 257 g/mol. The molecule has 4 heteroatoms. The Morgan fingerprint density at radius 3 is 2.95 bits per heavy atom. The van der Waals surface area contributed by atoms with Gasteiger partial charge in [-0.2, -0.15) is 5.10 Å². The Hall–Kier alpha value is -1.84. The van der Waals surface area contributed by atoms with E-state index in [1.54, 1.807) is 0 Å². The Bertz CT molecular complexity index is 621. The van der Waals surface area contributed by atoms with Crippen LogP contribution in [0, 0.1) is 6.92 Å². The fraction of sp³-hybridized carbons (Fsp3) is 0.467. The highest BCUT2D eigenvalue weighted by atomic mass is 16.1. The molecule has 0 unspecified atom stereocenters. The van der Waals surface area contributed by atoms with E-state index in [1.165, 1.54) is 17.1 Å². The minimum atomic E-state index is 0.309. The van der Waals surface area contributed by atoms with Crippen LogP contribution in [-0.2, 0) is 26.4 Å². The van der Waals surface area contributed by atoms with Crippen LogP contribution in [0.25, 0.3) is 0 Å². The second kappa shape index (κ2) is 4.68. The molecule has 2 heterocycles. The first kappa shape index (κ1) is 12.2. The summed E-state index contributed by atoms with van der Waals surface area (Å²) >= 11 is 0. The number of ketones is 1. The summed E-state index contributed by atoms with van der Waals surface area (Å²) in [5.41, 5.74) is 4.61. The standard InChI is InChI=1S/C15H19N3O/c1-11-10-13-14(4-3-5-15(13)19)18(11)9-7-12-6-8-16-17(12)2/h6,8,10H,3-5,7,9H2,1-2H3. The van der Waals surface area contributed by atoms with Crippen LogP contribution in [0.5, 0.6) is 0 Å². The Labute approximate surface area is 113 Å². The number of hydrogen-bond acceptors (Lipinski definition) is 2. The van der Waals surface area contributed by atoms with Gasteiger partial charge in [0.1, 0.15) is 0 Å². The number of aromatic nitrogens is 3. The van der Waals surface area contributed by atoms with Gasteiger partial charge < -0.3 is 4.57 Å². The molecule has 0 aliphatic heterocycles. The van der Waals surface area contributed by atoms with E-state index in [1.807, 2.05) is 17.9 Å². The van der Waals surface area contributed by atoms with Crippen molar-refractivity contribution >= 4 is 5.78 Å². The predicted octanol–water partition coefficient (Wildman–Crippen LogP) is 2.29. The number of rotatable bonds is 3. The quantitative estimate of drug-likeness (QED) is 0.846. The first-order valence-corrected chi connectivity index (χ1v) is 6.86. The molecule has 0 aromatic carbocycles. The summed E-state index contributed by atoms with van der Waals surface area (Å²) in [5, 5.41) is 4.19. The van der Waals surface area contributed by atoms with Crippen LogP contribution in [0.15, 0.2) is 18.3 Å². The molecule has 100 valence electrons. The maximum Gasteiger partial charge on any atom is 0.164 e. The van der Waals surface area contributed by atoms with Gasteiger partial charge in [-0.3, -0.25) is 9.48 Å². The zero-order chi connectivity index (χ0) is 13.4. The summed E-state index contributed by atoms with van der Waals surface area (Å²) < 4.78 is 4.22. The largest absolute Gasteiger partial charge is 0.348 e. The van der Waals surface area contributed by atoms with Gasteiger partial charge in [0.05, 0.1) is 0 Å². The van der Waals surface area contributed by atoms with Crippen LogP contribution in [0.4, 0.5) is 0 Å². The van der Waals surface area contributed by atoms with Crippen molar-refractivity contribution in [3.05, 3.63) is 41.0 Å². The van der Waals surface area contributed by atoms with Crippen molar-refractivity contribution < 1.29 is 4.79 Å². The Balaban J connectivity index is 1.85. The fourth-order valence-corrected chi connectivity index (χ4v) is 2.97. The molecular weight excluding hydrogens is 238 g/mol. The van der Waals surface area contributed by atoms with Crippen molar-refractivity contribution in [3.63, 3.8) is 0 Å². The summed E-state index contributed by atoms with van der Waals surface area (Å²) in [7, 11) is 1.97. The van der Waals surface area contributed by atoms with Gasteiger partial charge in [0.2, 0.25) is 0 Å². The third-order valence-electron chi connectivity index (χ3n) is 4.05. The molecule has 2 aromatic heterocycles. The van der Waals surface area contributed by atoms with Crippen molar-refractivity contribution in [2.45, 2.75) is 39.2 Å². The van der Waals surface area contributed by atoms with E-state index < -0.39 is 0 Å². The SMILES string of the molecule is Cc1cc2c(n1CCc1ccnn1C)CCCC2=O. The molecule has 2 aromatic rings. The van der Waals surface area contributed by atoms with Crippen LogP contribution < -0.4 is 0 Å². The lowest BCUT2D eigenvalue weighted by atomic mass is 9.96. The lowest BCUT2D eigenvalue weighted by Crippen LogP contribution is -2.15. The number of nitrogens with zero attached hydrogens (tertiary/aromatic N) is 3. The number of aryl methyl sites for hydroxylation is 3. The number of carbonyl (C=O) groups is 1. The molecule has 19 heavy (non-hydrogen) atoms. The zero-order valence-corrected chi connectivity index (χ0v) is 11.5. The topological polar surface area (TPSA) is 39.8 Å². The Morgan fingerprint density at radius 2 is 2.21 bits per heavy atom. The van der Waals surface area contributed by atoms with Gasteiger partial charge in [-0.25, -0.2) is 0 Å². The molecule has 0 fully saturated rings. The first-order chi connectivity index (χ1) is 9.16.